The first-order valence-corrected chi connectivity index (χ1v) is 5.73. The maximum absolute atomic E-state index is 6.04. The highest BCUT2D eigenvalue weighted by Crippen LogP contribution is 2.23. The van der Waals surface area contributed by atoms with Crippen LogP contribution in [0.15, 0.2) is 23.6 Å². The Kier molecular flexibility index (Phi) is 3.18. The molecule has 78 valence electrons. The molecule has 2 aromatic rings. The van der Waals surface area contributed by atoms with Gasteiger partial charge in [-0.2, -0.15) is 0 Å². The number of hydrogen-bond acceptors (Lipinski definition) is 4. The zero-order valence-corrected chi connectivity index (χ0v) is 9.77. The molecule has 0 aliphatic heterocycles. The third-order valence-corrected chi connectivity index (χ3v) is 2.87. The van der Waals surface area contributed by atoms with E-state index in [1.54, 1.807) is 0 Å². The number of benzene rings is 1. The molecule has 15 heavy (non-hydrogen) atoms. The maximum atomic E-state index is 6.04. The van der Waals surface area contributed by atoms with E-state index in [0.717, 1.165) is 16.4 Å². The lowest BCUT2D eigenvalue weighted by Gasteiger charge is -2.07. The standard InChI is InChI=1S/C10H10ClN3S/c1-7-2-3-9(11)10(4-7)12-5-8-6-15-14-13-8/h2-4,6,12H,5H2,1H3. The van der Waals surface area contributed by atoms with Gasteiger partial charge in [-0.3, -0.25) is 0 Å². The second kappa shape index (κ2) is 4.59. The van der Waals surface area contributed by atoms with E-state index in [1.165, 1.54) is 17.1 Å². The first-order valence-electron chi connectivity index (χ1n) is 4.51. The second-order valence-electron chi connectivity index (χ2n) is 3.23. The van der Waals surface area contributed by atoms with E-state index in [0.29, 0.717) is 6.54 Å². The molecule has 2 rings (SSSR count). The Morgan fingerprint density at radius 1 is 1.47 bits per heavy atom. The Morgan fingerprint density at radius 2 is 2.33 bits per heavy atom. The minimum Gasteiger partial charge on any atom is -0.378 e. The fourth-order valence-electron chi connectivity index (χ4n) is 1.22. The molecule has 0 saturated heterocycles. The van der Waals surface area contributed by atoms with Crippen LogP contribution in [0.5, 0.6) is 0 Å². The maximum Gasteiger partial charge on any atom is 0.0946 e. The van der Waals surface area contributed by atoms with Crippen molar-refractivity contribution in [1.82, 2.24) is 9.59 Å². The Balaban J connectivity index is 2.07. The van der Waals surface area contributed by atoms with E-state index in [1.807, 2.05) is 30.5 Å². The van der Waals surface area contributed by atoms with Gasteiger partial charge in [0.15, 0.2) is 0 Å². The molecule has 0 aliphatic rings. The number of aryl methyl sites for hydroxylation is 1. The zero-order chi connectivity index (χ0) is 10.7. The predicted octanol–water partition coefficient (Wildman–Crippen LogP) is 3.11. The monoisotopic (exact) mass is 239 g/mol. The number of nitrogens with zero attached hydrogens (tertiary/aromatic N) is 2. The van der Waals surface area contributed by atoms with Gasteiger partial charge in [0.05, 0.1) is 22.9 Å². The van der Waals surface area contributed by atoms with Crippen molar-refractivity contribution in [3.63, 3.8) is 0 Å². The second-order valence-corrected chi connectivity index (χ2v) is 4.25. The third kappa shape index (κ3) is 2.67. The van der Waals surface area contributed by atoms with Crippen LogP contribution in [0.25, 0.3) is 0 Å². The molecule has 0 unspecified atom stereocenters. The predicted molar refractivity (Wildman–Crippen MR) is 63.4 cm³/mol. The summed E-state index contributed by atoms with van der Waals surface area (Å²) in [6.07, 6.45) is 0. The van der Waals surface area contributed by atoms with Crippen LogP contribution >= 0.6 is 23.1 Å². The van der Waals surface area contributed by atoms with Crippen LogP contribution in [0.4, 0.5) is 5.69 Å². The topological polar surface area (TPSA) is 37.8 Å². The molecule has 0 amide bonds. The molecular weight excluding hydrogens is 230 g/mol. The first-order chi connectivity index (χ1) is 7.25. The lowest BCUT2D eigenvalue weighted by atomic mass is 10.2. The summed E-state index contributed by atoms with van der Waals surface area (Å²) in [5.74, 6) is 0. The van der Waals surface area contributed by atoms with Crippen LogP contribution in [0.2, 0.25) is 5.02 Å². The molecular formula is C10H10ClN3S. The summed E-state index contributed by atoms with van der Waals surface area (Å²) in [5.41, 5.74) is 3.04. The van der Waals surface area contributed by atoms with Crippen molar-refractivity contribution in [3.8, 4) is 0 Å². The number of aromatic nitrogens is 2. The summed E-state index contributed by atoms with van der Waals surface area (Å²) in [7, 11) is 0. The van der Waals surface area contributed by atoms with Gasteiger partial charge >= 0.3 is 0 Å². The summed E-state index contributed by atoms with van der Waals surface area (Å²) < 4.78 is 3.79. The molecule has 3 nitrogen and oxygen atoms in total. The summed E-state index contributed by atoms with van der Waals surface area (Å²) in [4.78, 5) is 0. The Morgan fingerprint density at radius 3 is 3.07 bits per heavy atom. The normalized spacial score (nSPS) is 10.3. The minimum absolute atomic E-state index is 0.652. The van der Waals surface area contributed by atoms with Crippen molar-refractivity contribution in [2.45, 2.75) is 13.5 Å². The van der Waals surface area contributed by atoms with E-state index < -0.39 is 0 Å². The van der Waals surface area contributed by atoms with Gasteiger partial charge in [-0.25, -0.2) is 0 Å². The Hall–Kier alpha value is -1.13. The fourth-order valence-corrected chi connectivity index (χ4v) is 1.86. The average molecular weight is 240 g/mol. The number of halogens is 1. The molecule has 0 bridgehead atoms. The lowest BCUT2D eigenvalue weighted by Crippen LogP contribution is -2.00. The Bertz CT molecular complexity index is 442. The molecule has 0 saturated carbocycles. The van der Waals surface area contributed by atoms with Gasteiger partial charge in [0.25, 0.3) is 0 Å². The van der Waals surface area contributed by atoms with Crippen LogP contribution in [-0.4, -0.2) is 9.59 Å². The minimum atomic E-state index is 0.652. The fraction of sp³-hybridized carbons (Fsp3) is 0.200. The molecule has 1 N–H and O–H groups in total. The molecule has 0 radical (unpaired) electrons. The molecule has 0 fully saturated rings. The first kappa shape index (κ1) is 10.4. The summed E-state index contributed by atoms with van der Waals surface area (Å²) in [5, 5.41) is 9.81. The van der Waals surface area contributed by atoms with E-state index in [-0.39, 0.29) is 0 Å². The van der Waals surface area contributed by atoms with Crippen LogP contribution in [0.1, 0.15) is 11.3 Å². The molecule has 1 heterocycles. The number of anilines is 1. The van der Waals surface area contributed by atoms with Gasteiger partial charge in [-0.1, -0.05) is 22.2 Å². The van der Waals surface area contributed by atoms with Crippen LogP contribution in [0.3, 0.4) is 0 Å². The highest BCUT2D eigenvalue weighted by molar-refractivity contribution is 7.03. The van der Waals surface area contributed by atoms with E-state index in [4.69, 9.17) is 11.6 Å². The Labute approximate surface area is 97.3 Å². The zero-order valence-electron chi connectivity index (χ0n) is 8.20. The molecule has 1 aromatic carbocycles. The SMILES string of the molecule is Cc1ccc(Cl)c(NCc2csnn2)c1. The van der Waals surface area contributed by atoms with Crippen molar-refractivity contribution in [2.24, 2.45) is 0 Å². The van der Waals surface area contributed by atoms with Gasteiger partial charge in [-0.15, -0.1) is 5.10 Å². The quantitative estimate of drug-likeness (QED) is 0.895. The molecule has 0 atom stereocenters. The van der Waals surface area contributed by atoms with Crippen LogP contribution < -0.4 is 5.32 Å². The molecule has 0 aliphatic carbocycles. The summed E-state index contributed by atoms with van der Waals surface area (Å²) >= 11 is 7.39. The van der Waals surface area contributed by atoms with Gasteiger partial charge < -0.3 is 5.32 Å². The number of hydrogen-bond donors (Lipinski definition) is 1. The lowest BCUT2D eigenvalue weighted by molar-refractivity contribution is 0.998. The largest absolute Gasteiger partial charge is 0.378 e. The molecule has 1 aromatic heterocycles. The van der Waals surface area contributed by atoms with E-state index in [9.17, 15) is 0 Å². The van der Waals surface area contributed by atoms with E-state index in [2.05, 4.69) is 14.9 Å². The molecule has 5 heteroatoms. The van der Waals surface area contributed by atoms with Crippen molar-refractivity contribution >= 4 is 28.8 Å². The van der Waals surface area contributed by atoms with Gasteiger partial charge in [0.2, 0.25) is 0 Å². The number of nitrogens with one attached hydrogen (secondary N) is 1. The highest BCUT2D eigenvalue weighted by Gasteiger charge is 2.01. The van der Waals surface area contributed by atoms with Crippen molar-refractivity contribution in [2.75, 3.05) is 5.32 Å². The van der Waals surface area contributed by atoms with Crippen molar-refractivity contribution in [3.05, 3.63) is 39.9 Å². The van der Waals surface area contributed by atoms with Crippen LogP contribution in [0, 0.1) is 6.92 Å². The summed E-state index contributed by atoms with van der Waals surface area (Å²) in [6, 6.07) is 5.89. The highest BCUT2D eigenvalue weighted by atomic mass is 35.5. The third-order valence-electron chi connectivity index (χ3n) is 1.99. The van der Waals surface area contributed by atoms with Crippen molar-refractivity contribution in [1.29, 1.82) is 0 Å². The van der Waals surface area contributed by atoms with E-state index >= 15 is 0 Å². The van der Waals surface area contributed by atoms with Gasteiger partial charge in [-0.05, 0) is 36.2 Å². The van der Waals surface area contributed by atoms with Crippen molar-refractivity contribution < 1.29 is 0 Å². The smallest absolute Gasteiger partial charge is 0.0946 e. The molecule has 0 spiro atoms. The van der Waals surface area contributed by atoms with Crippen LogP contribution in [-0.2, 0) is 6.54 Å². The van der Waals surface area contributed by atoms with Gasteiger partial charge in [0, 0.05) is 5.38 Å². The average Bonchev–Trinajstić information content (AvgIpc) is 2.72. The number of rotatable bonds is 3. The van der Waals surface area contributed by atoms with Gasteiger partial charge in [0.1, 0.15) is 0 Å². The summed E-state index contributed by atoms with van der Waals surface area (Å²) in [6.45, 7) is 2.69.